The minimum atomic E-state index is -1.79. The fourth-order valence-corrected chi connectivity index (χ4v) is 11.2. The number of aromatic nitrogens is 2. The Labute approximate surface area is 300 Å². The van der Waals surface area contributed by atoms with Crippen molar-refractivity contribution in [3.05, 3.63) is 182 Å². The van der Waals surface area contributed by atoms with E-state index >= 15 is 0 Å². The Hall–Kier alpha value is -6.16. The lowest BCUT2D eigenvalue weighted by atomic mass is 9.96. The number of nitrogens with zero attached hydrogens (tertiary/aromatic N) is 2. The summed E-state index contributed by atoms with van der Waals surface area (Å²) < 4.78 is 0. The molecule has 2 nitrogen and oxygen atoms in total. The van der Waals surface area contributed by atoms with E-state index in [9.17, 15) is 0 Å². The normalized spacial score (nSPS) is 12.7. The van der Waals surface area contributed by atoms with E-state index in [1.165, 1.54) is 38.9 Å². The van der Waals surface area contributed by atoms with Gasteiger partial charge in [-0.3, -0.25) is 0 Å². The predicted molar refractivity (Wildman–Crippen MR) is 217 cm³/mol. The zero-order valence-corrected chi connectivity index (χ0v) is 29.7. The molecule has 0 radical (unpaired) electrons. The Bertz CT molecular complexity index is 2450. The lowest BCUT2D eigenvalue weighted by Gasteiger charge is -2.22. The second-order valence-electron chi connectivity index (χ2n) is 13.8. The number of hydrogen-bond acceptors (Lipinski definition) is 2. The van der Waals surface area contributed by atoms with Crippen LogP contribution in [-0.4, -0.2) is 18.0 Å². The van der Waals surface area contributed by atoms with Gasteiger partial charge in [0.1, 0.15) is 8.07 Å². The van der Waals surface area contributed by atoms with E-state index in [-0.39, 0.29) is 0 Å². The maximum Gasteiger partial charge on any atom is 0.160 e. The first-order chi connectivity index (χ1) is 25.0. The summed E-state index contributed by atoms with van der Waals surface area (Å²) in [5, 5.41) is 3.10. The molecule has 1 aromatic heterocycles. The minimum Gasteiger partial charge on any atom is -0.228 e. The van der Waals surface area contributed by atoms with Gasteiger partial charge in [-0.2, -0.15) is 0 Å². The van der Waals surface area contributed by atoms with Crippen molar-refractivity contribution in [1.82, 2.24) is 9.97 Å². The summed E-state index contributed by atoms with van der Waals surface area (Å²) in [4.78, 5) is 9.99. The third kappa shape index (κ3) is 5.62. The molecule has 0 fully saturated rings. The zero-order chi connectivity index (χ0) is 34.4. The van der Waals surface area contributed by atoms with Crippen LogP contribution < -0.4 is 10.4 Å². The Morgan fingerprint density at radius 3 is 1.27 bits per heavy atom. The van der Waals surface area contributed by atoms with Crippen LogP contribution in [0.2, 0.25) is 13.1 Å². The van der Waals surface area contributed by atoms with Crippen molar-refractivity contribution >= 4 is 18.4 Å². The van der Waals surface area contributed by atoms with Gasteiger partial charge < -0.3 is 0 Å². The molecular weight excluding hydrogens is 633 g/mol. The van der Waals surface area contributed by atoms with E-state index in [1.807, 2.05) is 36.4 Å². The molecule has 51 heavy (non-hydrogen) atoms. The highest BCUT2D eigenvalue weighted by atomic mass is 28.3. The highest BCUT2D eigenvalue weighted by molar-refractivity contribution is 7.04. The Kier molecular flexibility index (Phi) is 7.64. The quantitative estimate of drug-likeness (QED) is 0.165. The number of benzene rings is 7. The van der Waals surface area contributed by atoms with Crippen LogP contribution in [0.5, 0.6) is 0 Å². The van der Waals surface area contributed by atoms with Crippen molar-refractivity contribution in [1.29, 1.82) is 0 Å². The van der Waals surface area contributed by atoms with Crippen molar-refractivity contribution in [2.45, 2.75) is 13.1 Å². The van der Waals surface area contributed by atoms with E-state index in [0.717, 1.165) is 39.5 Å². The van der Waals surface area contributed by atoms with E-state index in [4.69, 9.17) is 9.97 Å². The molecule has 0 aliphatic carbocycles. The molecule has 2 heterocycles. The highest BCUT2D eigenvalue weighted by Crippen LogP contribution is 2.35. The van der Waals surface area contributed by atoms with Gasteiger partial charge in [0.15, 0.2) is 5.82 Å². The summed E-state index contributed by atoms with van der Waals surface area (Å²) in [5.41, 5.74) is 15.2. The van der Waals surface area contributed by atoms with Crippen molar-refractivity contribution in [3.8, 4) is 78.4 Å². The molecule has 0 saturated heterocycles. The van der Waals surface area contributed by atoms with Crippen molar-refractivity contribution < 1.29 is 0 Å². The molecule has 0 unspecified atom stereocenters. The van der Waals surface area contributed by atoms with Gasteiger partial charge in [0.25, 0.3) is 0 Å². The van der Waals surface area contributed by atoms with Crippen LogP contribution in [0.25, 0.3) is 78.4 Å². The zero-order valence-electron chi connectivity index (χ0n) is 28.7. The third-order valence-electron chi connectivity index (χ3n) is 10.3. The molecule has 8 aromatic rings. The van der Waals surface area contributed by atoms with Gasteiger partial charge >= 0.3 is 0 Å². The molecule has 1 aliphatic rings. The van der Waals surface area contributed by atoms with Crippen LogP contribution in [0.15, 0.2) is 182 Å². The largest absolute Gasteiger partial charge is 0.228 e. The first-order valence-electron chi connectivity index (χ1n) is 17.6. The van der Waals surface area contributed by atoms with Crippen molar-refractivity contribution in [2.75, 3.05) is 0 Å². The predicted octanol–water partition coefficient (Wildman–Crippen LogP) is 11.3. The summed E-state index contributed by atoms with van der Waals surface area (Å²) in [6, 6.07) is 65.1. The second-order valence-corrected chi connectivity index (χ2v) is 18.1. The molecule has 1 aliphatic heterocycles. The first-order valence-corrected chi connectivity index (χ1v) is 20.6. The molecule has 7 aromatic carbocycles. The smallest absolute Gasteiger partial charge is 0.160 e. The fraction of sp³-hybridized carbons (Fsp3) is 0.0417. The molecule has 0 bridgehead atoms. The van der Waals surface area contributed by atoms with Gasteiger partial charge in [-0.05, 0) is 60.9 Å². The molecule has 0 saturated carbocycles. The monoisotopic (exact) mass is 668 g/mol. The van der Waals surface area contributed by atoms with E-state index in [1.54, 1.807) is 10.4 Å². The van der Waals surface area contributed by atoms with E-state index in [0.29, 0.717) is 0 Å². The molecule has 9 rings (SSSR count). The first kappa shape index (κ1) is 30.9. The summed E-state index contributed by atoms with van der Waals surface area (Å²) in [7, 11) is -1.79. The second kappa shape index (κ2) is 12.6. The van der Waals surface area contributed by atoms with Gasteiger partial charge in [0.2, 0.25) is 0 Å². The van der Waals surface area contributed by atoms with Crippen LogP contribution >= 0.6 is 0 Å². The molecule has 3 heteroatoms. The minimum absolute atomic E-state index is 0.719. The lowest BCUT2D eigenvalue weighted by Crippen LogP contribution is -2.50. The van der Waals surface area contributed by atoms with Crippen LogP contribution in [0.1, 0.15) is 0 Å². The van der Waals surface area contributed by atoms with Gasteiger partial charge in [-0.25, -0.2) is 9.97 Å². The number of hydrogen-bond donors (Lipinski definition) is 0. The third-order valence-corrected chi connectivity index (χ3v) is 13.9. The van der Waals surface area contributed by atoms with Crippen LogP contribution in [0, 0.1) is 0 Å². The molecule has 0 atom stereocenters. The standard InChI is InChI=1S/C48H36N2Si/c1-51(2)46-19-10-9-16-42(46)43-18-11-17-41(47(43)51)37-28-24-35(25-29-37)33-20-22-34(23-21-33)36-26-30-40(31-27-36)48-49-44(38-12-5-3-6-13-38)32-45(50-48)39-14-7-4-8-15-39/h3-32H,1-2H3. The molecule has 0 spiro atoms. The average molecular weight is 669 g/mol. The van der Waals surface area contributed by atoms with Crippen LogP contribution in [0.3, 0.4) is 0 Å². The van der Waals surface area contributed by atoms with E-state index < -0.39 is 8.07 Å². The summed E-state index contributed by atoms with van der Waals surface area (Å²) >= 11 is 0. The summed E-state index contributed by atoms with van der Waals surface area (Å²) in [5.74, 6) is 0.719. The fourth-order valence-electron chi connectivity index (χ4n) is 7.69. The number of rotatable bonds is 6. The average Bonchev–Trinajstić information content (AvgIpc) is 3.45. The van der Waals surface area contributed by atoms with Gasteiger partial charge in [-0.1, -0.05) is 189 Å². The molecular formula is C48H36N2Si. The van der Waals surface area contributed by atoms with Crippen molar-refractivity contribution in [3.63, 3.8) is 0 Å². The summed E-state index contributed by atoms with van der Waals surface area (Å²) in [6.45, 7) is 4.98. The van der Waals surface area contributed by atoms with Crippen LogP contribution in [-0.2, 0) is 0 Å². The molecule has 242 valence electrons. The Balaban J connectivity index is 0.973. The van der Waals surface area contributed by atoms with Gasteiger partial charge in [0, 0.05) is 16.7 Å². The summed E-state index contributed by atoms with van der Waals surface area (Å²) in [6.07, 6.45) is 0. The van der Waals surface area contributed by atoms with Crippen molar-refractivity contribution in [2.24, 2.45) is 0 Å². The molecule has 0 amide bonds. The van der Waals surface area contributed by atoms with E-state index in [2.05, 4.69) is 159 Å². The Morgan fingerprint density at radius 2 is 0.745 bits per heavy atom. The Morgan fingerprint density at radius 1 is 0.333 bits per heavy atom. The SMILES string of the molecule is C[Si]1(C)c2ccccc2-c2cccc(-c3ccc(-c4ccc(-c5ccc(-c6nc(-c7ccccc7)cc(-c7ccccc7)n6)cc5)cc4)cc3)c21. The lowest BCUT2D eigenvalue weighted by molar-refractivity contribution is 1.18. The highest BCUT2D eigenvalue weighted by Gasteiger charge is 2.39. The number of fused-ring (bicyclic) bond motifs is 3. The maximum atomic E-state index is 5.00. The topological polar surface area (TPSA) is 25.8 Å². The van der Waals surface area contributed by atoms with Gasteiger partial charge in [-0.15, -0.1) is 0 Å². The van der Waals surface area contributed by atoms with Crippen LogP contribution in [0.4, 0.5) is 0 Å². The maximum absolute atomic E-state index is 5.00. The molecule has 0 N–H and O–H groups in total. The van der Waals surface area contributed by atoms with Gasteiger partial charge in [0.05, 0.1) is 11.4 Å².